The van der Waals surface area contributed by atoms with Crippen LogP contribution in [0.1, 0.15) is 71.6 Å². The maximum atomic E-state index is 14.0. The van der Waals surface area contributed by atoms with Gasteiger partial charge in [-0.2, -0.15) is 0 Å². The van der Waals surface area contributed by atoms with Crippen LogP contribution >= 0.6 is 11.3 Å². The standard InChI is InChI=1S/C33H38N2O7S/c1-7-9-16-40-25-13-10-23(11-14-25)17-28-31(37)35-30(24-12-15-26(42-22(6)36)27(18-24)39-8-2)29(21(5)34-33(35)43-28)32(38)41-19-20(3)4/h10-15,17-18,20,30H,7-9,16,19H2,1-6H3/b28-17+/t30-/m1/s1. The van der Waals surface area contributed by atoms with Gasteiger partial charge in [-0.05, 0) is 67.7 Å². The fourth-order valence-corrected chi connectivity index (χ4v) is 5.61. The number of fused-ring (bicyclic) bond motifs is 1. The van der Waals surface area contributed by atoms with Gasteiger partial charge in [0.1, 0.15) is 5.75 Å². The molecule has 10 heteroatoms. The molecule has 0 amide bonds. The van der Waals surface area contributed by atoms with Gasteiger partial charge >= 0.3 is 11.9 Å². The first-order chi connectivity index (χ1) is 20.6. The van der Waals surface area contributed by atoms with Crippen molar-refractivity contribution < 1.29 is 28.5 Å². The largest absolute Gasteiger partial charge is 0.494 e. The van der Waals surface area contributed by atoms with Crippen molar-refractivity contribution in [3.63, 3.8) is 0 Å². The number of hydrogen-bond acceptors (Lipinski definition) is 9. The topological polar surface area (TPSA) is 105 Å². The first-order valence-electron chi connectivity index (χ1n) is 14.5. The zero-order chi connectivity index (χ0) is 31.1. The lowest BCUT2D eigenvalue weighted by Gasteiger charge is -2.25. The number of carbonyl (C=O) groups excluding carboxylic acids is 2. The molecule has 4 rings (SSSR count). The van der Waals surface area contributed by atoms with Crippen LogP contribution in [0.4, 0.5) is 0 Å². The van der Waals surface area contributed by atoms with Gasteiger partial charge in [0.05, 0.1) is 41.7 Å². The molecule has 2 heterocycles. The van der Waals surface area contributed by atoms with E-state index in [-0.39, 0.29) is 29.4 Å². The van der Waals surface area contributed by atoms with E-state index in [9.17, 15) is 14.4 Å². The number of rotatable bonds is 12. The molecule has 1 aromatic heterocycles. The van der Waals surface area contributed by atoms with Gasteiger partial charge in [-0.25, -0.2) is 9.79 Å². The normalized spacial score (nSPS) is 14.8. The summed E-state index contributed by atoms with van der Waals surface area (Å²) in [6.07, 6.45) is 3.84. The molecule has 0 fully saturated rings. The van der Waals surface area contributed by atoms with Crippen LogP contribution in [0.25, 0.3) is 6.08 Å². The average Bonchev–Trinajstić information content (AvgIpc) is 3.26. The maximum Gasteiger partial charge on any atom is 0.338 e. The summed E-state index contributed by atoms with van der Waals surface area (Å²) in [4.78, 5) is 44.3. The molecule has 1 aliphatic rings. The predicted molar refractivity (Wildman–Crippen MR) is 165 cm³/mol. The highest BCUT2D eigenvalue weighted by molar-refractivity contribution is 7.07. The van der Waals surface area contributed by atoms with Crippen LogP contribution in [0, 0.1) is 5.92 Å². The number of benzene rings is 2. The highest BCUT2D eigenvalue weighted by atomic mass is 32.1. The van der Waals surface area contributed by atoms with Gasteiger partial charge in [-0.1, -0.05) is 56.7 Å². The van der Waals surface area contributed by atoms with Crippen LogP contribution in [0.2, 0.25) is 0 Å². The van der Waals surface area contributed by atoms with Gasteiger partial charge in [0.25, 0.3) is 5.56 Å². The van der Waals surface area contributed by atoms with Crippen molar-refractivity contribution >= 4 is 29.4 Å². The van der Waals surface area contributed by atoms with Gasteiger partial charge in [-0.15, -0.1) is 0 Å². The predicted octanol–water partition coefficient (Wildman–Crippen LogP) is 4.94. The molecule has 228 valence electrons. The number of nitrogens with zero attached hydrogens (tertiary/aromatic N) is 2. The minimum absolute atomic E-state index is 0.125. The van der Waals surface area contributed by atoms with E-state index in [0.717, 1.165) is 24.2 Å². The summed E-state index contributed by atoms with van der Waals surface area (Å²) >= 11 is 1.25. The number of hydrogen-bond donors (Lipinski definition) is 0. The third-order valence-electron chi connectivity index (χ3n) is 6.57. The van der Waals surface area contributed by atoms with E-state index in [2.05, 4.69) is 11.9 Å². The Morgan fingerprint density at radius 1 is 1.07 bits per heavy atom. The first kappa shape index (κ1) is 31.7. The Morgan fingerprint density at radius 2 is 1.81 bits per heavy atom. The van der Waals surface area contributed by atoms with Crippen molar-refractivity contribution in [2.75, 3.05) is 19.8 Å². The maximum absolute atomic E-state index is 14.0. The van der Waals surface area contributed by atoms with Gasteiger partial charge in [0.2, 0.25) is 0 Å². The molecule has 0 saturated carbocycles. The second kappa shape index (κ2) is 14.3. The van der Waals surface area contributed by atoms with Crippen LogP contribution in [-0.2, 0) is 14.3 Å². The van der Waals surface area contributed by atoms with Crippen molar-refractivity contribution in [2.24, 2.45) is 10.9 Å². The molecular weight excluding hydrogens is 568 g/mol. The van der Waals surface area contributed by atoms with Crippen molar-refractivity contribution in [1.29, 1.82) is 0 Å². The minimum atomic E-state index is -0.835. The lowest BCUT2D eigenvalue weighted by atomic mass is 9.95. The Morgan fingerprint density at radius 3 is 2.47 bits per heavy atom. The molecule has 0 N–H and O–H groups in total. The van der Waals surface area contributed by atoms with E-state index in [1.165, 1.54) is 22.8 Å². The molecule has 0 spiro atoms. The van der Waals surface area contributed by atoms with Crippen LogP contribution in [0.15, 0.2) is 63.5 Å². The zero-order valence-electron chi connectivity index (χ0n) is 25.5. The monoisotopic (exact) mass is 606 g/mol. The quantitative estimate of drug-likeness (QED) is 0.163. The molecule has 0 radical (unpaired) electrons. The molecule has 2 aromatic carbocycles. The molecule has 0 unspecified atom stereocenters. The second-order valence-electron chi connectivity index (χ2n) is 10.6. The molecule has 1 aliphatic heterocycles. The number of unbranched alkanes of at least 4 members (excludes halogenated alkanes) is 1. The van der Waals surface area contributed by atoms with E-state index in [4.69, 9.17) is 18.9 Å². The molecular formula is C33H38N2O7S. The van der Waals surface area contributed by atoms with E-state index < -0.39 is 18.0 Å². The van der Waals surface area contributed by atoms with Crippen molar-refractivity contribution in [3.8, 4) is 17.2 Å². The molecule has 3 aromatic rings. The van der Waals surface area contributed by atoms with Crippen LogP contribution in [0.5, 0.6) is 17.2 Å². The summed E-state index contributed by atoms with van der Waals surface area (Å²) in [5.41, 5.74) is 1.85. The van der Waals surface area contributed by atoms with E-state index in [0.29, 0.717) is 39.6 Å². The van der Waals surface area contributed by atoms with Gasteiger partial charge in [0.15, 0.2) is 16.3 Å². The Hall–Kier alpha value is -4.18. The highest BCUT2D eigenvalue weighted by Gasteiger charge is 2.34. The van der Waals surface area contributed by atoms with Crippen LogP contribution < -0.4 is 29.1 Å². The van der Waals surface area contributed by atoms with E-state index in [1.807, 2.05) is 51.1 Å². The van der Waals surface area contributed by atoms with E-state index >= 15 is 0 Å². The van der Waals surface area contributed by atoms with Crippen LogP contribution in [0.3, 0.4) is 0 Å². The van der Waals surface area contributed by atoms with Gasteiger partial charge in [-0.3, -0.25) is 14.2 Å². The summed E-state index contributed by atoms with van der Waals surface area (Å²) in [7, 11) is 0. The fourth-order valence-electron chi connectivity index (χ4n) is 4.57. The number of carbonyl (C=O) groups is 2. The lowest BCUT2D eigenvalue weighted by molar-refractivity contribution is -0.140. The molecule has 0 saturated heterocycles. The number of aromatic nitrogens is 1. The fraction of sp³-hybridized carbons (Fsp3) is 0.394. The number of thiazole rings is 1. The van der Waals surface area contributed by atoms with Crippen molar-refractivity contribution in [3.05, 3.63) is 84.5 Å². The van der Waals surface area contributed by atoms with Crippen molar-refractivity contribution in [2.45, 2.75) is 60.4 Å². The minimum Gasteiger partial charge on any atom is -0.494 e. The number of ether oxygens (including phenoxy) is 4. The zero-order valence-corrected chi connectivity index (χ0v) is 26.3. The summed E-state index contributed by atoms with van der Waals surface area (Å²) in [6.45, 7) is 12.1. The molecule has 43 heavy (non-hydrogen) atoms. The number of allylic oxidation sites excluding steroid dienone is 1. The van der Waals surface area contributed by atoms with Gasteiger partial charge in [0, 0.05) is 6.92 Å². The summed E-state index contributed by atoms with van der Waals surface area (Å²) in [6, 6.07) is 11.7. The summed E-state index contributed by atoms with van der Waals surface area (Å²) in [5.74, 6) is 0.432. The average molecular weight is 607 g/mol. The summed E-state index contributed by atoms with van der Waals surface area (Å²) < 4.78 is 24.5. The first-order valence-corrected chi connectivity index (χ1v) is 15.3. The Kier molecular flexibility index (Phi) is 10.6. The Labute approximate surface area is 255 Å². The lowest BCUT2D eigenvalue weighted by Crippen LogP contribution is -2.40. The third kappa shape index (κ3) is 7.62. The van der Waals surface area contributed by atoms with Crippen molar-refractivity contribution in [1.82, 2.24) is 4.57 Å². The number of esters is 2. The van der Waals surface area contributed by atoms with Gasteiger partial charge < -0.3 is 18.9 Å². The Bertz CT molecular complexity index is 1680. The van der Waals surface area contributed by atoms with E-state index in [1.54, 1.807) is 25.1 Å². The Balaban J connectivity index is 1.83. The molecule has 1 atom stereocenters. The second-order valence-corrected chi connectivity index (χ2v) is 11.6. The highest BCUT2D eigenvalue weighted by Crippen LogP contribution is 2.36. The van der Waals surface area contributed by atoms with Crippen LogP contribution in [-0.4, -0.2) is 36.3 Å². The molecule has 9 nitrogen and oxygen atoms in total. The molecule has 0 aliphatic carbocycles. The molecule has 0 bridgehead atoms. The SMILES string of the molecule is CCCCOc1ccc(/C=c2/sc3n(c2=O)[C@H](c2ccc(OC(C)=O)c(OCC)c2)C(C(=O)OCC(C)C)=C(C)N=3)cc1. The third-order valence-corrected chi connectivity index (χ3v) is 7.55. The smallest absolute Gasteiger partial charge is 0.338 e. The summed E-state index contributed by atoms with van der Waals surface area (Å²) in [5, 5.41) is 0.